The van der Waals surface area contributed by atoms with Crippen LogP contribution in [-0.4, -0.2) is 41.0 Å². The molecule has 0 radical (unpaired) electrons. The second-order valence-corrected chi connectivity index (χ2v) is 8.10. The van der Waals surface area contributed by atoms with Crippen molar-refractivity contribution in [2.45, 2.75) is 19.8 Å². The number of aromatic amines is 2. The topological polar surface area (TPSA) is 138 Å². The molecule has 172 valence electrons. The number of rotatable bonds is 6. The second-order valence-electron chi connectivity index (χ2n) is 8.10. The van der Waals surface area contributed by atoms with Gasteiger partial charge in [0, 0.05) is 35.3 Å². The molecule has 0 aliphatic rings. The number of carbonyl (C=O) groups is 1. The van der Waals surface area contributed by atoms with Crippen molar-refractivity contribution in [2.75, 3.05) is 5.32 Å². The molecule has 1 amide bonds. The van der Waals surface area contributed by atoms with Gasteiger partial charge in [0.25, 0.3) is 0 Å². The summed E-state index contributed by atoms with van der Waals surface area (Å²) >= 11 is 0. The van der Waals surface area contributed by atoms with Gasteiger partial charge < -0.3 is 14.7 Å². The number of fused-ring (bicyclic) bond motifs is 2. The van der Waals surface area contributed by atoms with Crippen LogP contribution in [0.2, 0.25) is 0 Å². The van der Waals surface area contributed by atoms with E-state index in [0.717, 1.165) is 45.2 Å². The van der Waals surface area contributed by atoms with E-state index >= 15 is 0 Å². The summed E-state index contributed by atoms with van der Waals surface area (Å²) in [6.45, 7) is 1.96. The first-order valence-corrected chi connectivity index (χ1v) is 11.2. The van der Waals surface area contributed by atoms with Gasteiger partial charge in [0.1, 0.15) is 16.9 Å². The van der Waals surface area contributed by atoms with Gasteiger partial charge in [0.15, 0.2) is 5.82 Å². The van der Waals surface area contributed by atoms with E-state index in [9.17, 15) is 4.79 Å². The standard InChI is InChI=1S/C25H20N8O2/c1-2-3-21(34)29-16-8-15(10-26-11-16)19-9-17-20(12-28-19)32-33-23(17)25-30-18-4-6-27-22(24(18)31-25)14-5-7-35-13-14/h4-13H,2-3H2,1H3,(H,29,34)(H,30,31)(H,32,33). The zero-order valence-corrected chi connectivity index (χ0v) is 18.7. The fourth-order valence-electron chi connectivity index (χ4n) is 4.01. The van der Waals surface area contributed by atoms with Crippen LogP contribution in [0.15, 0.2) is 66.0 Å². The zero-order valence-electron chi connectivity index (χ0n) is 18.7. The predicted octanol–water partition coefficient (Wildman–Crippen LogP) is 4.96. The molecule has 0 fully saturated rings. The van der Waals surface area contributed by atoms with E-state index in [1.807, 2.05) is 31.2 Å². The van der Waals surface area contributed by atoms with Crippen LogP contribution in [0.4, 0.5) is 5.69 Å². The van der Waals surface area contributed by atoms with Crippen molar-refractivity contribution in [3.63, 3.8) is 0 Å². The molecule has 10 nitrogen and oxygen atoms in total. The molecule has 35 heavy (non-hydrogen) atoms. The second kappa shape index (κ2) is 8.49. The SMILES string of the molecule is CCCC(=O)Nc1cncc(-c2cc3c(-c4nc5c(-c6ccoc6)nccc5[nH]4)n[nH]c3cn2)c1. The van der Waals surface area contributed by atoms with Crippen molar-refractivity contribution in [2.24, 2.45) is 0 Å². The van der Waals surface area contributed by atoms with Gasteiger partial charge in [-0.05, 0) is 30.7 Å². The molecule has 0 atom stereocenters. The Bertz CT molecular complexity index is 1670. The van der Waals surface area contributed by atoms with Crippen molar-refractivity contribution < 1.29 is 9.21 Å². The predicted molar refractivity (Wildman–Crippen MR) is 131 cm³/mol. The first-order chi connectivity index (χ1) is 17.2. The lowest BCUT2D eigenvalue weighted by Crippen LogP contribution is -2.10. The monoisotopic (exact) mass is 464 g/mol. The molecule has 0 saturated carbocycles. The molecule has 0 saturated heterocycles. The highest BCUT2D eigenvalue weighted by Gasteiger charge is 2.17. The lowest BCUT2D eigenvalue weighted by atomic mass is 10.1. The van der Waals surface area contributed by atoms with Crippen molar-refractivity contribution in [3.8, 4) is 34.0 Å². The van der Waals surface area contributed by atoms with Crippen molar-refractivity contribution >= 4 is 33.5 Å². The number of amides is 1. The molecular formula is C25H20N8O2. The van der Waals surface area contributed by atoms with E-state index in [4.69, 9.17) is 9.40 Å². The van der Waals surface area contributed by atoms with Gasteiger partial charge in [0.2, 0.25) is 5.91 Å². The summed E-state index contributed by atoms with van der Waals surface area (Å²) in [6.07, 6.45) is 11.3. The van der Waals surface area contributed by atoms with Gasteiger partial charge in [-0.15, -0.1) is 0 Å². The Morgan fingerprint density at radius 3 is 2.86 bits per heavy atom. The number of pyridine rings is 3. The Kier molecular flexibility index (Phi) is 5.03. The Morgan fingerprint density at radius 2 is 2.00 bits per heavy atom. The minimum absolute atomic E-state index is 0.0406. The number of aromatic nitrogens is 7. The number of H-pyrrole nitrogens is 2. The van der Waals surface area contributed by atoms with Gasteiger partial charge in [-0.25, -0.2) is 4.98 Å². The molecule has 0 aromatic carbocycles. The van der Waals surface area contributed by atoms with E-state index in [2.05, 4.69) is 35.5 Å². The van der Waals surface area contributed by atoms with E-state index < -0.39 is 0 Å². The molecule has 10 heteroatoms. The first kappa shape index (κ1) is 20.7. The smallest absolute Gasteiger partial charge is 0.224 e. The Hall–Kier alpha value is -4.86. The molecule has 3 N–H and O–H groups in total. The molecule has 6 aromatic rings. The average molecular weight is 464 g/mol. The Balaban J connectivity index is 1.40. The molecular weight excluding hydrogens is 444 g/mol. The van der Waals surface area contributed by atoms with Crippen LogP contribution < -0.4 is 5.32 Å². The van der Waals surface area contributed by atoms with Crippen LogP contribution in [0.3, 0.4) is 0 Å². The normalized spacial score (nSPS) is 11.3. The minimum atomic E-state index is -0.0406. The van der Waals surface area contributed by atoms with Crippen molar-refractivity contribution in [1.29, 1.82) is 0 Å². The molecule has 6 heterocycles. The van der Waals surface area contributed by atoms with Gasteiger partial charge in [-0.2, -0.15) is 5.10 Å². The lowest BCUT2D eigenvalue weighted by Gasteiger charge is -2.06. The van der Waals surface area contributed by atoms with Gasteiger partial charge >= 0.3 is 0 Å². The summed E-state index contributed by atoms with van der Waals surface area (Å²) in [5.41, 5.74) is 6.72. The van der Waals surface area contributed by atoms with Crippen LogP contribution in [0.1, 0.15) is 19.8 Å². The third-order valence-corrected chi connectivity index (χ3v) is 5.66. The Morgan fingerprint density at radius 1 is 1.06 bits per heavy atom. The summed E-state index contributed by atoms with van der Waals surface area (Å²) in [5, 5.41) is 11.3. The number of nitrogens with zero attached hydrogens (tertiary/aromatic N) is 5. The maximum absolute atomic E-state index is 12.0. The number of anilines is 1. The number of hydrogen-bond acceptors (Lipinski definition) is 7. The number of hydrogen-bond donors (Lipinski definition) is 3. The maximum Gasteiger partial charge on any atom is 0.224 e. The average Bonchev–Trinajstić information content (AvgIpc) is 3.63. The summed E-state index contributed by atoms with van der Waals surface area (Å²) < 4.78 is 5.22. The van der Waals surface area contributed by atoms with Gasteiger partial charge in [-0.3, -0.25) is 24.8 Å². The number of imidazole rings is 1. The molecule has 0 unspecified atom stereocenters. The van der Waals surface area contributed by atoms with Gasteiger partial charge in [-0.1, -0.05) is 6.92 Å². The fraction of sp³-hybridized carbons (Fsp3) is 0.120. The summed E-state index contributed by atoms with van der Waals surface area (Å²) in [7, 11) is 0. The first-order valence-electron chi connectivity index (χ1n) is 11.2. The van der Waals surface area contributed by atoms with Crippen LogP contribution in [-0.2, 0) is 4.79 Å². The number of furan rings is 1. The molecule has 6 rings (SSSR count). The fourth-order valence-corrected chi connectivity index (χ4v) is 4.01. The van der Waals surface area contributed by atoms with Crippen molar-refractivity contribution in [1.82, 2.24) is 35.1 Å². The van der Waals surface area contributed by atoms with Gasteiger partial charge in [0.05, 0.1) is 47.3 Å². The molecule has 0 spiro atoms. The van der Waals surface area contributed by atoms with Crippen LogP contribution in [0.25, 0.3) is 56.0 Å². The highest BCUT2D eigenvalue weighted by molar-refractivity contribution is 5.97. The number of nitrogens with one attached hydrogen (secondary N) is 3. The molecule has 0 bridgehead atoms. The van der Waals surface area contributed by atoms with Crippen molar-refractivity contribution in [3.05, 3.63) is 61.6 Å². The lowest BCUT2D eigenvalue weighted by molar-refractivity contribution is -0.116. The summed E-state index contributed by atoms with van der Waals surface area (Å²) in [5.74, 6) is 0.570. The summed E-state index contributed by atoms with van der Waals surface area (Å²) in [6, 6.07) is 7.52. The van der Waals surface area contributed by atoms with E-state index in [1.54, 1.807) is 37.3 Å². The maximum atomic E-state index is 12.0. The summed E-state index contributed by atoms with van der Waals surface area (Å²) in [4.78, 5) is 33.5. The highest BCUT2D eigenvalue weighted by Crippen LogP contribution is 2.32. The third kappa shape index (κ3) is 3.80. The molecule has 6 aromatic heterocycles. The van der Waals surface area contributed by atoms with E-state index in [1.165, 1.54) is 0 Å². The molecule has 0 aliphatic carbocycles. The van der Waals surface area contributed by atoms with Crippen LogP contribution in [0, 0.1) is 0 Å². The quantitative estimate of drug-likeness (QED) is 0.317. The molecule has 0 aliphatic heterocycles. The van der Waals surface area contributed by atoms with E-state index in [0.29, 0.717) is 29.3 Å². The van der Waals surface area contributed by atoms with E-state index in [-0.39, 0.29) is 5.91 Å². The highest BCUT2D eigenvalue weighted by atomic mass is 16.3. The number of carbonyl (C=O) groups excluding carboxylic acids is 1. The third-order valence-electron chi connectivity index (χ3n) is 5.66. The minimum Gasteiger partial charge on any atom is -0.472 e. The van der Waals surface area contributed by atoms with Crippen LogP contribution >= 0.6 is 0 Å². The largest absolute Gasteiger partial charge is 0.472 e. The zero-order chi connectivity index (χ0) is 23.8. The Labute approximate surface area is 198 Å². The van der Waals surface area contributed by atoms with Crippen LogP contribution in [0.5, 0.6) is 0 Å².